The van der Waals surface area contributed by atoms with Gasteiger partial charge < -0.3 is 9.47 Å². The van der Waals surface area contributed by atoms with Crippen LogP contribution in [0.15, 0.2) is 12.4 Å². The van der Waals surface area contributed by atoms with Gasteiger partial charge in [-0.05, 0) is 25.7 Å². The lowest BCUT2D eigenvalue weighted by Crippen LogP contribution is -2.42. The molecule has 2 unspecified atom stereocenters. The molecule has 2 aromatic rings. The smallest absolute Gasteiger partial charge is 0.274 e. The third-order valence-electron chi connectivity index (χ3n) is 5.16. The molecular formula is C18H24N6O. The number of hydrogen-bond donors (Lipinski definition) is 0. The van der Waals surface area contributed by atoms with E-state index < -0.39 is 0 Å². The molecule has 0 N–H and O–H groups in total. The van der Waals surface area contributed by atoms with Crippen molar-refractivity contribution in [3.05, 3.63) is 35.4 Å². The van der Waals surface area contributed by atoms with Gasteiger partial charge in [-0.1, -0.05) is 13.8 Å². The van der Waals surface area contributed by atoms with Gasteiger partial charge in [0.15, 0.2) is 0 Å². The number of aromatic nitrogens is 5. The first-order valence-corrected chi connectivity index (χ1v) is 9.05. The van der Waals surface area contributed by atoms with E-state index in [-0.39, 0.29) is 18.0 Å². The molecule has 0 saturated carbocycles. The fourth-order valence-electron chi connectivity index (χ4n) is 3.98. The van der Waals surface area contributed by atoms with Gasteiger partial charge in [0.2, 0.25) is 0 Å². The lowest BCUT2D eigenvalue weighted by atomic mass is 10.1. The van der Waals surface area contributed by atoms with Crippen molar-refractivity contribution in [3.8, 4) is 0 Å². The molecule has 1 saturated heterocycles. The first-order chi connectivity index (χ1) is 12.0. The van der Waals surface area contributed by atoms with Crippen LogP contribution in [-0.4, -0.2) is 47.6 Å². The predicted octanol–water partition coefficient (Wildman–Crippen LogP) is 1.80. The molecule has 2 aliphatic rings. The Morgan fingerprint density at radius 2 is 2.00 bits per heavy atom. The highest BCUT2D eigenvalue weighted by Gasteiger charge is 2.41. The van der Waals surface area contributed by atoms with Crippen LogP contribution in [0.2, 0.25) is 0 Å². The largest absolute Gasteiger partial charge is 0.329 e. The summed E-state index contributed by atoms with van der Waals surface area (Å²) in [6.45, 7) is 7.04. The Labute approximate surface area is 147 Å². The standard InChI is InChI=1S/C18H24N6O/c1-11(2)6-16-21-22-17-7-13-4-5-14(10-23(16)17)24(13)18(25)15-9-19-12(3)8-20-15/h8-9,11,13-14H,4-7,10H2,1-3H3. The maximum atomic E-state index is 13.0. The Kier molecular flexibility index (Phi) is 4.01. The van der Waals surface area contributed by atoms with E-state index in [0.29, 0.717) is 11.6 Å². The summed E-state index contributed by atoms with van der Waals surface area (Å²) in [7, 11) is 0. The van der Waals surface area contributed by atoms with Gasteiger partial charge in [-0.3, -0.25) is 9.78 Å². The van der Waals surface area contributed by atoms with E-state index in [1.165, 1.54) is 0 Å². The van der Waals surface area contributed by atoms with Gasteiger partial charge in [0.25, 0.3) is 5.91 Å². The SMILES string of the molecule is Cc1cnc(C(=O)N2C3CCC2Cn2c(CC(C)C)nnc2C3)cn1. The van der Waals surface area contributed by atoms with Crippen molar-refractivity contribution in [2.75, 3.05) is 0 Å². The van der Waals surface area contributed by atoms with Crippen LogP contribution in [0.3, 0.4) is 0 Å². The number of aryl methyl sites for hydroxylation is 1. The van der Waals surface area contributed by atoms with Crippen LogP contribution in [0.4, 0.5) is 0 Å². The number of nitrogens with zero attached hydrogens (tertiary/aromatic N) is 6. The maximum Gasteiger partial charge on any atom is 0.274 e. The number of rotatable bonds is 3. The molecule has 132 valence electrons. The summed E-state index contributed by atoms with van der Waals surface area (Å²) < 4.78 is 2.24. The van der Waals surface area contributed by atoms with E-state index in [9.17, 15) is 4.79 Å². The van der Waals surface area contributed by atoms with Crippen molar-refractivity contribution >= 4 is 5.91 Å². The molecule has 0 aliphatic carbocycles. The molecule has 2 atom stereocenters. The molecule has 0 spiro atoms. The van der Waals surface area contributed by atoms with Crippen LogP contribution in [0.1, 0.15) is 54.5 Å². The third-order valence-corrected chi connectivity index (χ3v) is 5.16. The van der Waals surface area contributed by atoms with Crippen LogP contribution in [0, 0.1) is 12.8 Å². The number of fused-ring (bicyclic) bond motifs is 3. The molecule has 2 aromatic heterocycles. The van der Waals surface area contributed by atoms with E-state index in [1.807, 2.05) is 11.8 Å². The fraction of sp³-hybridized carbons (Fsp3) is 0.611. The molecule has 2 bridgehead atoms. The summed E-state index contributed by atoms with van der Waals surface area (Å²) in [5.74, 6) is 2.58. The van der Waals surface area contributed by atoms with Gasteiger partial charge in [0.1, 0.15) is 17.3 Å². The van der Waals surface area contributed by atoms with Crippen molar-refractivity contribution in [1.29, 1.82) is 0 Å². The van der Waals surface area contributed by atoms with Gasteiger partial charge in [0, 0.05) is 31.6 Å². The monoisotopic (exact) mass is 340 g/mol. The summed E-state index contributed by atoms with van der Waals surface area (Å²) in [6.07, 6.45) is 6.97. The highest BCUT2D eigenvalue weighted by atomic mass is 16.2. The predicted molar refractivity (Wildman–Crippen MR) is 92.0 cm³/mol. The maximum absolute atomic E-state index is 13.0. The summed E-state index contributed by atoms with van der Waals surface area (Å²) in [4.78, 5) is 23.6. The van der Waals surface area contributed by atoms with Crippen molar-refractivity contribution in [1.82, 2.24) is 29.6 Å². The van der Waals surface area contributed by atoms with Crippen molar-refractivity contribution in [2.24, 2.45) is 5.92 Å². The highest BCUT2D eigenvalue weighted by molar-refractivity contribution is 5.92. The van der Waals surface area contributed by atoms with Crippen molar-refractivity contribution in [3.63, 3.8) is 0 Å². The molecule has 0 aromatic carbocycles. The highest BCUT2D eigenvalue weighted by Crippen LogP contribution is 2.32. The summed E-state index contributed by atoms with van der Waals surface area (Å²) in [6, 6.07) is 0.363. The number of carbonyl (C=O) groups excluding carboxylic acids is 1. The lowest BCUT2D eigenvalue weighted by molar-refractivity contribution is 0.0658. The molecule has 1 amide bonds. The van der Waals surface area contributed by atoms with Crippen LogP contribution >= 0.6 is 0 Å². The van der Waals surface area contributed by atoms with E-state index >= 15 is 0 Å². The normalized spacial score (nSPS) is 22.2. The average molecular weight is 340 g/mol. The topological polar surface area (TPSA) is 76.8 Å². The number of carbonyl (C=O) groups is 1. The molecule has 25 heavy (non-hydrogen) atoms. The Hall–Kier alpha value is -2.31. The minimum Gasteiger partial charge on any atom is -0.329 e. The zero-order valence-corrected chi connectivity index (χ0v) is 15.0. The molecule has 7 nitrogen and oxygen atoms in total. The molecule has 4 rings (SSSR count). The Morgan fingerprint density at radius 3 is 2.72 bits per heavy atom. The van der Waals surface area contributed by atoms with E-state index in [1.54, 1.807) is 12.4 Å². The van der Waals surface area contributed by atoms with Gasteiger partial charge in [-0.15, -0.1) is 10.2 Å². The molecule has 1 fully saturated rings. The molecule has 2 aliphatic heterocycles. The van der Waals surface area contributed by atoms with Gasteiger partial charge in [0.05, 0.1) is 17.9 Å². The summed E-state index contributed by atoms with van der Waals surface area (Å²) in [5.41, 5.74) is 1.25. The van der Waals surface area contributed by atoms with E-state index in [2.05, 4.69) is 38.6 Å². The Morgan fingerprint density at radius 1 is 1.20 bits per heavy atom. The first-order valence-electron chi connectivity index (χ1n) is 9.05. The Balaban J connectivity index is 1.62. The summed E-state index contributed by atoms with van der Waals surface area (Å²) in [5, 5.41) is 8.81. The zero-order valence-electron chi connectivity index (χ0n) is 15.0. The zero-order chi connectivity index (χ0) is 17.6. The van der Waals surface area contributed by atoms with Gasteiger partial charge >= 0.3 is 0 Å². The molecular weight excluding hydrogens is 316 g/mol. The minimum atomic E-state index is -0.0101. The lowest BCUT2D eigenvalue weighted by Gasteiger charge is -2.27. The second kappa shape index (κ2) is 6.20. The van der Waals surface area contributed by atoms with Gasteiger partial charge in [-0.2, -0.15) is 0 Å². The third kappa shape index (κ3) is 2.92. The van der Waals surface area contributed by atoms with Crippen LogP contribution < -0.4 is 0 Å². The average Bonchev–Trinajstić information content (AvgIpc) is 3.07. The van der Waals surface area contributed by atoms with Crippen LogP contribution in [0.5, 0.6) is 0 Å². The second-order valence-corrected chi connectivity index (χ2v) is 7.59. The molecule has 0 radical (unpaired) electrons. The van der Waals surface area contributed by atoms with Crippen molar-refractivity contribution in [2.45, 2.75) is 65.1 Å². The van der Waals surface area contributed by atoms with Crippen LogP contribution in [-0.2, 0) is 19.4 Å². The van der Waals surface area contributed by atoms with Crippen LogP contribution in [0.25, 0.3) is 0 Å². The number of hydrogen-bond acceptors (Lipinski definition) is 5. The van der Waals surface area contributed by atoms with E-state index in [0.717, 1.165) is 49.6 Å². The first kappa shape index (κ1) is 16.2. The Bertz CT molecular complexity index is 781. The molecule has 4 heterocycles. The van der Waals surface area contributed by atoms with E-state index in [4.69, 9.17) is 0 Å². The second-order valence-electron chi connectivity index (χ2n) is 7.59. The minimum absolute atomic E-state index is 0.0101. The fourth-order valence-corrected chi connectivity index (χ4v) is 3.98. The number of amides is 1. The summed E-state index contributed by atoms with van der Waals surface area (Å²) >= 11 is 0. The van der Waals surface area contributed by atoms with Gasteiger partial charge in [-0.25, -0.2) is 4.98 Å². The van der Waals surface area contributed by atoms with Crippen molar-refractivity contribution < 1.29 is 4.79 Å². The molecule has 7 heteroatoms. The quantitative estimate of drug-likeness (QED) is 0.851.